The third kappa shape index (κ3) is 4.02. The molecule has 1 aromatic carbocycles. The van der Waals surface area contributed by atoms with Crippen LogP contribution in [-0.4, -0.2) is 24.0 Å². The quantitative estimate of drug-likeness (QED) is 0.791. The molecule has 8 heteroatoms. The first-order valence-electron chi connectivity index (χ1n) is 5.07. The van der Waals surface area contributed by atoms with Crippen molar-refractivity contribution in [2.24, 2.45) is 5.73 Å². The molecule has 0 fully saturated rings. The summed E-state index contributed by atoms with van der Waals surface area (Å²) in [5.41, 5.74) is 4.17. The number of nitrogens with one attached hydrogen (secondary N) is 1. The summed E-state index contributed by atoms with van der Waals surface area (Å²) >= 11 is 0. The summed E-state index contributed by atoms with van der Waals surface area (Å²) in [7, 11) is 0. The van der Waals surface area contributed by atoms with E-state index in [9.17, 15) is 23.2 Å². The standard InChI is InChI=1S/C11H10F2N2O4/c1-5(9(16)15-11(14)18)19-10(17)7-3-2-6(12)4-8(7)13/h2-5H,1H3,(H3,14,15,16,18)/t5-/m0/s1. The SMILES string of the molecule is C[C@H](OC(=O)c1ccc(F)cc1F)C(=O)NC(N)=O. The smallest absolute Gasteiger partial charge is 0.341 e. The third-order valence-corrected chi connectivity index (χ3v) is 2.05. The molecule has 19 heavy (non-hydrogen) atoms. The van der Waals surface area contributed by atoms with Crippen LogP contribution in [0.1, 0.15) is 17.3 Å². The Bertz CT molecular complexity index is 533. The van der Waals surface area contributed by atoms with Gasteiger partial charge in [-0.15, -0.1) is 0 Å². The van der Waals surface area contributed by atoms with Crippen molar-refractivity contribution < 1.29 is 27.9 Å². The number of imide groups is 1. The average molecular weight is 272 g/mol. The fourth-order valence-corrected chi connectivity index (χ4v) is 1.16. The van der Waals surface area contributed by atoms with Crippen molar-refractivity contribution in [2.75, 3.05) is 0 Å². The minimum absolute atomic E-state index is 0.505. The molecule has 0 aliphatic rings. The van der Waals surface area contributed by atoms with Gasteiger partial charge in [-0.3, -0.25) is 10.1 Å². The van der Waals surface area contributed by atoms with Crippen molar-refractivity contribution in [3.63, 3.8) is 0 Å². The van der Waals surface area contributed by atoms with E-state index in [-0.39, 0.29) is 0 Å². The van der Waals surface area contributed by atoms with E-state index < -0.39 is 41.2 Å². The van der Waals surface area contributed by atoms with Gasteiger partial charge in [0, 0.05) is 6.07 Å². The van der Waals surface area contributed by atoms with Crippen molar-refractivity contribution in [1.82, 2.24) is 5.32 Å². The van der Waals surface area contributed by atoms with Crippen LogP contribution in [0.4, 0.5) is 13.6 Å². The maximum atomic E-state index is 13.2. The van der Waals surface area contributed by atoms with Gasteiger partial charge in [0.15, 0.2) is 6.10 Å². The molecule has 0 aliphatic carbocycles. The molecule has 0 saturated heterocycles. The fourth-order valence-electron chi connectivity index (χ4n) is 1.16. The molecule has 0 bridgehead atoms. The molecule has 1 rings (SSSR count). The van der Waals surface area contributed by atoms with Gasteiger partial charge < -0.3 is 10.5 Å². The molecule has 1 atom stereocenters. The second kappa shape index (κ2) is 5.89. The van der Waals surface area contributed by atoms with Crippen molar-refractivity contribution in [2.45, 2.75) is 13.0 Å². The molecule has 6 nitrogen and oxygen atoms in total. The highest BCUT2D eigenvalue weighted by atomic mass is 19.1. The fraction of sp³-hybridized carbons (Fsp3) is 0.182. The van der Waals surface area contributed by atoms with E-state index in [0.717, 1.165) is 19.1 Å². The van der Waals surface area contributed by atoms with E-state index in [4.69, 9.17) is 5.73 Å². The second-order valence-electron chi connectivity index (χ2n) is 3.53. The lowest BCUT2D eigenvalue weighted by atomic mass is 10.2. The average Bonchev–Trinajstić information content (AvgIpc) is 2.27. The molecule has 0 aromatic heterocycles. The summed E-state index contributed by atoms with van der Waals surface area (Å²) in [6.07, 6.45) is -1.36. The summed E-state index contributed by atoms with van der Waals surface area (Å²) in [6.45, 7) is 1.16. The number of halogens is 2. The van der Waals surface area contributed by atoms with Crippen LogP contribution in [0.5, 0.6) is 0 Å². The lowest BCUT2D eigenvalue weighted by Gasteiger charge is -2.12. The van der Waals surface area contributed by atoms with Crippen LogP contribution >= 0.6 is 0 Å². The number of ether oxygens (including phenoxy) is 1. The highest BCUT2D eigenvalue weighted by molar-refractivity contribution is 5.98. The van der Waals surface area contributed by atoms with E-state index >= 15 is 0 Å². The van der Waals surface area contributed by atoms with Crippen LogP contribution in [0.2, 0.25) is 0 Å². The number of amides is 3. The van der Waals surface area contributed by atoms with E-state index in [1.807, 2.05) is 0 Å². The topological polar surface area (TPSA) is 98.5 Å². The van der Waals surface area contributed by atoms with E-state index in [0.29, 0.717) is 6.07 Å². The molecule has 3 N–H and O–H groups in total. The molecule has 0 spiro atoms. The van der Waals surface area contributed by atoms with Gasteiger partial charge in [-0.25, -0.2) is 18.4 Å². The number of esters is 1. The highest BCUT2D eigenvalue weighted by Crippen LogP contribution is 2.11. The van der Waals surface area contributed by atoms with Gasteiger partial charge in [0.1, 0.15) is 11.6 Å². The van der Waals surface area contributed by atoms with E-state index in [1.165, 1.54) is 0 Å². The van der Waals surface area contributed by atoms with Gasteiger partial charge in [0.05, 0.1) is 5.56 Å². The molecule has 3 amide bonds. The number of rotatable bonds is 3. The van der Waals surface area contributed by atoms with Crippen molar-refractivity contribution in [3.05, 3.63) is 35.4 Å². The van der Waals surface area contributed by atoms with E-state index in [1.54, 1.807) is 5.32 Å². The summed E-state index contributed by atoms with van der Waals surface area (Å²) < 4.78 is 30.5. The van der Waals surface area contributed by atoms with Crippen LogP contribution in [0.15, 0.2) is 18.2 Å². The predicted molar refractivity (Wildman–Crippen MR) is 59.0 cm³/mol. The lowest BCUT2D eigenvalue weighted by molar-refractivity contribution is -0.127. The maximum Gasteiger partial charge on any atom is 0.341 e. The molecule has 0 saturated carbocycles. The van der Waals surface area contributed by atoms with Crippen LogP contribution in [0.3, 0.4) is 0 Å². The number of primary amides is 1. The Morgan fingerprint density at radius 1 is 1.32 bits per heavy atom. The maximum absolute atomic E-state index is 13.2. The van der Waals surface area contributed by atoms with Gasteiger partial charge in [-0.2, -0.15) is 0 Å². The molecular formula is C11H10F2N2O4. The molecule has 0 unspecified atom stereocenters. The summed E-state index contributed by atoms with van der Waals surface area (Å²) in [4.78, 5) is 33.1. The lowest BCUT2D eigenvalue weighted by Crippen LogP contribution is -2.42. The molecular weight excluding hydrogens is 262 g/mol. The Kier molecular flexibility index (Phi) is 4.51. The number of benzene rings is 1. The minimum Gasteiger partial charge on any atom is -0.449 e. The Balaban J connectivity index is 2.74. The molecule has 0 radical (unpaired) electrons. The minimum atomic E-state index is -1.36. The predicted octanol–water partition coefficient (Wildman–Crippen LogP) is 0.705. The van der Waals surface area contributed by atoms with Crippen molar-refractivity contribution in [3.8, 4) is 0 Å². The number of hydrogen-bond donors (Lipinski definition) is 2. The zero-order valence-corrected chi connectivity index (χ0v) is 9.78. The number of carbonyl (C=O) groups is 3. The first-order valence-corrected chi connectivity index (χ1v) is 5.07. The van der Waals surface area contributed by atoms with Crippen molar-refractivity contribution >= 4 is 17.9 Å². The summed E-state index contributed by atoms with van der Waals surface area (Å²) in [5.74, 6) is -4.09. The molecule has 0 aliphatic heterocycles. The van der Waals surface area contributed by atoms with Crippen LogP contribution in [-0.2, 0) is 9.53 Å². The van der Waals surface area contributed by atoms with Gasteiger partial charge in [0.2, 0.25) is 0 Å². The van der Waals surface area contributed by atoms with Crippen LogP contribution < -0.4 is 11.1 Å². The van der Waals surface area contributed by atoms with Crippen LogP contribution in [0.25, 0.3) is 0 Å². The van der Waals surface area contributed by atoms with Gasteiger partial charge in [0.25, 0.3) is 5.91 Å². The second-order valence-corrected chi connectivity index (χ2v) is 3.53. The van der Waals surface area contributed by atoms with Gasteiger partial charge in [-0.05, 0) is 19.1 Å². The number of urea groups is 1. The molecule has 102 valence electrons. The highest BCUT2D eigenvalue weighted by Gasteiger charge is 2.22. The normalized spacial score (nSPS) is 11.5. The van der Waals surface area contributed by atoms with Crippen molar-refractivity contribution in [1.29, 1.82) is 0 Å². The van der Waals surface area contributed by atoms with Gasteiger partial charge in [-0.1, -0.05) is 0 Å². The third-order valence-electron chi connectivity index (χ3n) is 2.05. The zero-order valence-electron chi connectivity index (χ0n) is 9.78. The number of nitrogens with two attached hydrogens (primary N) is 1. The Morgan fingerprint density at radius 2 is 1.95 bits per heavy atom. The summed E-state index contributed by atoms with van der Waals surface area (Å²) in [5, 5.41) is 1.69. The Morgan fingerprint density at radius 3 is 2.47 bits per heavy atom. The van der Waals surface area contributed by atoms with E-state index in [2.05, 4.69) is 4.74 Å². The van der Waals surface area contributed by atoms with Gasteiger partial charge >= 0.3 is 12.0 Å². The zero-order chi connectivity index (χ0) is 14.6. The Labute approximate surface area is 106 Å². The monoisotopic (exact) mass is 272 g/mol. The summed E-state index contributed by atoms with van der Waals surface area (Å²) in [6, 6.07) is 1.14. The van der Waals surface area contributed by atoms with Crippen LogP contribution in [0, 0.1) is 11.6 Å². The Hall–Kier alpha value is -2.51. The largest absolute Gasteiger partial charge is 0.449 e. The molecule has 0 heterocycles. The first-order chi connectivity index (χ1) is 8.81. The first kappa shape index (κ1) is 14.6. The number of carbonyl (C=O) groups excluding carboxylic acids is 3. The molecule has 1 aromatic rings. The number of hydrogen-bond acceptors (Lipinski definition) is 4.